The summed E-state index contributed by atoms with van der Waals surface area (Å²) >= 11 is 0. The zero-order valence-electron chi connectivity index (χ0n) is 13.4. The number of nitrogens with one attached hydrogen (secondary N) is 1. The maximum Gasteiger partial charge on any atom is 0.235 e. The molecular weight excluding hydrogens is 326 g/mol. The number of rotatable bonds is 1. The second-order valence-electron chi connectivity index (χ2n) is 6.38. The minimum atomic E-state index is -0.741. The smallest absolute Gasteiger partial charge is 0.235 e. The molecule has 2 aromatic rings. The average molecular weight is 342 g/mol. The first-order chi connectivity index (χ1) is 12.0. The summed E-state index contributed by atoms with van der Waals surface area (Å²) in [6.45, 7) is 0.404. The highest BCUT2D eigenvalue weighted by Gasteiger charge is 2.36. The highest BCUT2D eigenvalue weighted by molar-refractivity contribution is 6.06. The molecule has 0 aromatic heterocycles. The van der Waals surface area contributed by atoms with Gasteiger partial charge in [-0.15, -0.1) is 0 Å². The van der Waals surface area contributed by atoms with Crippen LogP contribution >= 0.6 is 0 Å². The number of aryl methyl sites for hydroxylation is 1. The normalized spacial score (nSPS) is 19.0. The lowest BCUT2D eigenvalue weighted by atomic mass is 9.88. The van der Waals surface area contributed by atoms with Gasteiger partial charge in [0.15, 0.2) is 0 Å². The molecule has 0 radical (unpaired) electrons. The van der Waals surface area contributed by atoms with E-state index in [9.17, 15) is 18.4 Å². The number of fused-ring (bicyclic) bond motifs is 2. The lowest BCUT2D eigenvalue weighted by molar-refractivity contribution is -0.124. The molecule has 25 heavy (non-hydrogen) atoms. The molecule has 6 heteroatoms. The van der Waals surface area contributed by atoms with Crippen LogP contribution in [0.5, 0.6) is 0 Å². The van der Waals surface area contributed by atoms with Crippen LogP contribution < -0.4 is 10.2 Å². The van der Waals surface area contributed by atoms with Crippen LogP contribution in [0.4, 0.5) is 20.2 Å². The van der Waals surface area contributed by atoms with Crippen LogP contribution in [0.2, 0.25) is 0 Å². The number of hydrogen-bond donors (Lipinski definition) is 1. The van der Waals surface area contributed by atoms with Gasteiger partial charge in [0.05, 0.1) is 11.6 Å². The standard InChI is InChI=1S/C19H16F2N2O2/c20-12-6-7-13-14(10-17(24)22-16(13)9-12)19(25)23-8-2-4-11-3-1-5-15(21)18(11)23/h1,3,5-7,9,14H,2,4,8,10H2,(H,22,24). The number of para-hydroxylation sites is 1. The van der Waals surface area contributed by atoms with Gasteiger partial charge in [-0.25, -0.2) is 8.78 Å². The third kappa shape index (κ3) is 2.67. The van der Waals surface area contributed by atoms with E-state index in [0.29, 0.717) is 29.9 Å². The summed E-state index contributed by atoms with van der Waals surface area (Å²) in [5, 5.41) is 2.60. The van der Waals surface area contributed by atoms with Gasteiger partial charge in [0.1, 0.15) is 11.6 Å². The fourth-order valence-corrected chi connectivity index (χ4v) is 3.67. The van der Waals surface area contributed by atoms with Crippen molar-refractivity contribution in [2.45, 2.75) is 25.2 Å². The van der Waals surface area contributed by atoms with E-state index in [0.717, 1.165) is 12.0 Å². The molecule has 0 fully saturated rings. The fraction of sp³-hybridized carbons (Fsp3) is 0.263. The summed E-state index contributed by atoms with van der Waals surface area (Å²) in [4.78, 5) is 26.6. The first-order valence-electron chi connectivity index (χ1n) is 8.22. The lowest BCUT2D eigenvalue weighted by Crippen LogP contribution is -2.41. The van der Waals surface area contributed by atoms with Crippen molar-refractivity contribution < 1.29 is 18.4 Å². The van der Waals surface area contributed by atoms with Crippen molar-refractivity contribution in [1.82, 2.24) is 0 Å². The van der Waals surface area contributed by atoms with Crippen molar-refractivity contribution in [2.24, 2.45) is 0 Å². The number of carbonyl (C=O) groups excluding carboxylic acids is 2. The molecule has 2 aromatic carbocycles. The first kappa shape index (κ1) is 15.7. The van der Waals surface area contributed by atoms with Crippen molar-refractivity contribution >= 4 is 23.2 Å². The monoisotopic (exact) mass is 342 g/mol. The third-order valence-corrected chi connectivity index (χ3v) is 4.79. The molecule has 1 unspecified atom stereocenters. The second kappa shape index (κ2) is 5.95. The van der Waals surface area contributed by atoms with Crippen LogP contribution in [0.25, 0.3) is 0 Å². The average Bonchev–Trinajstić information content (AvgIpc) is 2.60. The van der Waals surface area contributed by atoms with Crippen molar-refractivity contribution in [1.29, 1.82) is 0 Å². The molecule has 2 heterocycles. The van der Waals surface area contributed by atoms with E-state index in [-0.39, 0.29) is 18.2 Å². The maximum atomic E-state index is 14.4. The number of halogens is 2. The zero-order valence-corrected chi connectivity index (χ0v) is 13.4. The largest absolute Gasteiger partial charge is 0.326 e. The van der Waals surface area contributed by atoms with Crippen LogP contribution in [0.3, 0.4) is 0 Å². The second-order valence-corrected chi connectivity index (χ2v) is 6.38. The van der Waals surface area contributed by atoms with Gasteiger partial charge in [0, 0.05) is 18.7 Å². The number of amides is 2. The molecule has 4 rings (SSSR count). The van der Waals surface area contributed by atoms with Crippen LogP contribution in [0.15, 0.2) is 36.4 Å². The lowest BCUT2D eigenvalue weighted by Gasteiger charge is -2.34. The molecule has 1 N–H and O–H groups in total. The Morgan fingerprint density at radius 2 is 2.04 bits per heavy atom. The Kier molecular flexibility index (Phi) is 3.75. The minimum Gasteiger partial charge on any atom is -0.326 e. The Hall–Kier alpha value is -2.76. The predicted octanol–water partition coefficient (Wildman–Crippen LogP) is 3.37. The Morgan fingerprint density at radius 3 is 2.88 bits per heavy atom. The first-order valence-corrected chi connectivity index (χ1v) is 8.22. The summed E-state index contributed by atoms with van der Waals surface area (Å²) in [5.74, 6) is -2.34. The summed E-state index contributed by atoms with van der Waals surface area (Å²) in [5.41, 5.74) is 1.96. The van der Waals surface area contributed by atoms with E-state index >= 15 is 0 Å². The Balaban J connectivity index is 1.75. The van der Waals surface area contributed by atoms with Gasteiger partial charge in [-0.2, -0.15) is 0 Å². The fourth-order valence-electron chi connectivity index (χ4n) is 3.67. The van der Waals surface area contributed by atoms with Crippen molar-refractivity contribution in [3.8, 4) is 0 Å². The molecule has 0 saturated heterocycles. The maximum absolute atomic E-state index is 14.4. The molecule has 4 nitrogen and oxygen atoms in total. The molecule has 2 aliphatic heterocycles. The SMILES string of the molecule is O=C1CC(C(=O)N2CCCc3cccc(F)c32)c2ccc(F)cc2N1. The summed E-state index contributed by atoms with van der Waals surface area (Å²) in [6, 6.07) is 8.77. The van der Waals surface area contributed by atoms with Crippen LogP contribution in [-0.2, 0) is 16.0 Å². The molecule has 0 aliphatic carbocycles. The number of anilines is 2. The van der Waals surface area contributed by atoms with Gasteiger partial charge >= 0.3 is 0 Å². The van der Waals surface area contributed by atoms with Gasteiger partial charge in [-0.05, 0) is 42.2 Å². The van der Waals surface area contributed by atoms with Crippen molar-refractivity contribution in [3.63, 3.8) is 0 Å². The number of nitrogens with zero attached hydrogens (tertiary/aromatic N) is 1. The Bertz CT molecular complexity index is 882. The molecule has 128 valence electrons. The number of carbonyl (C=O) groups is 2. The molecular formula is C19H16F2N2O2. The van der Waals surface area contributed by atoms with Crippen LogP contribution in [0, 0.1) is 11.6 Å². The molecule has 0 spiro atoms. The van der Waals surface area contributed by atoms with Gasteiger partial charge in [0.2, 0.25) is 11.8 Å². The topological polar surface area (TPSA) is 49.4 Å². The summed E-state index contributed by atoms with van der Waals surface area (Å²) < 4.78 is 27.8. The van der Waals surface area contributed by atoms with Gasteiger partial charge in [-0.1, -0.05) is 18.2 Å². The van der Waals surface area contributed by atoms with Gasteiger partial charge in [0.25, 0.3) is 0 Å². The van der Waals surface area contributed by atoms with Gasteiger partial charge < -0.3 is 10.2 Å². The van der Waals surface area contributed by atoms with E-state index in [1.807, 2.05) is 6.07 Å². The quantitative estimate of drug-likeness (QED) is 0.864. The highest BCUT2D eigenvalue weighted by Crippen LogP contribution is 2.37. The molecule has 2 aliphatic rings. The Morgan fingerprint density at radius 1 is 1.20 bits per heavy atom. The predicted molar refractivity (Wildman–Crippen MR) is 89.5 cm³/mol. The minimum absolute atomic E-state index is 0.0300. The Labute approximate surface area is 143 Å². The van der Waals surface area contributed by atoms with Crippen molar-refractivity contribution in [3.05, 3.63) is 59.2 Å². The van der Waals surface area contributed by atoms with E-state index < -0.39 is 17.6 Å². The van der Waals surface area contributed by atoms with E-state index in [1.54, 1.807) is 6.07 Å². The molecule has 0 saturated carbocycles. The molecule has 1 atom stereocenters. The molecule has 0 bridgehead atoms. The third-order valence-electron chi connectivity index (χ3n) is 4.79. The zero-order chi connectivity index (χ0) is 17.6. The van der Waals surface area contributed by atoms with Crippen LogP contribution in [-0.4, -0.2) is 18.4 Å². The number of benzene rings is 2. The summed E-state index contributed by atoms with van der Waals surface area (Å²) in [7, 11) is 0. The van der Waals surface area contributed by atoms with Crippen molar-refractivity contribution in [2.75, 3.05) is 16.8 Å². The summed E-state index contributed by atoms with van der Waals surface area (Å²) in [6.07, 6.45) is 1.42. The highest BCUT2D eigenvalue weighted by atomic mass is 19.1. The van der Waals surface area contributed by atoms with Crippen LogP contribution in [0.1, 0.15) is 29.9 Å². The number of hydrogen-bond acceptors (Lipinski definition) is 2. The van der Waals surface area contributed by atoms with Gasteiger partial charge in [-0.3, -0.25) is 9.59 Å². The van der Waals surface area contributed by atoms with E-state index in [1.165, 1.54) is 29.2 Å². The molecule has 2 amide bonds. The van der Waals surface area contributed by atoms with E-state index in [4.69, 9.17) is 0 Å². The van der Waals surface area contributed by atoms with E-state index in [2.05, 4.69) is 5.32 Å².